The number of ether oxygens (including phenoxy) is 2. The van der Waals surface area contributed by atoms with Crippen molar-refractivity contribution in [3.63, 3.8) is 0 Å². The first-order valence-electron chi connectivity index (χ1n) is 8.02. The molecule has 0 saturated carbocycles. The predicted octanol–water partition coefficient (Wildman–Crippen LogP) is 1.64. The van der Waals surface area contributed by atoms with Gasteiger partial charge in [0, 0.05) is 39.5 Å². The Bertz CT molecular complexity index is 475. The van der Waals surface area contributed by atoms with Gasteiger partial charge >= 0.3 is 0 Å². The first kappa shape index (κ1) is 18.0. The molecule has 7 heteroatoms. The van der Waals surface area contributed by atoms with Crippen LogP contribution in [0.15, 0.2) is 23.3 Å². The van der Waals surface area contributed by atoms with Gasteiger partial charge in [0.05, 0.1) is 12.7 Å². The maximum Gasteiger partial charge on any atom is 0.190 e. The third-order valence-corrected chi connectivity index (χ3v) is 3.80. The summed E-state index contributed by atoms with van der Waals surface area (Å²) in [4.78, 5) is 8.27. The fourth-order valence-corrected chi connectivity index (χ4v) is 2.39. The molecule has 1 saturated heterocycles. The van der Waals surface area contributed by atoms with Crippen LogP contribution in [0.2, 0.25) is 5.15 Å². The number of hydrogen-bond acceptors (Lipinski definition) is 4. The van der Waals surface area contributed by atoms with Crippen LogP contribution in [0.25, 0.3) is 0 Å². The zero-order valence-electron chi connectivity index (χ0n) is 13.6. The molecule has 2 heterocycles. The van der Waals surface area contributed by atoms with Crippen LogP contribution in [0.1, 0.15) is 18.4 Å². The highest BCUT2D eigenvalue weighted by atomic mass is 35.5. The Labute approximate surface area is 142 Å². The summed E-state index contributed by atoms with van der Waals surface area (Å²) < 4.78 is 11.0. The first-order chi connectivity index (χ1) is 11.3. The van der Waals surface area contributed by atoms with Gasteiger partial charge in [-0.1, -0.05) is 17.7 Å². The normalized spacial score (nSPS) is 18.2. The smallest absolute Gasteiger partial charge is 0.190 e. The Hall–Kier alpha value is -1.37. The maximum atomic E-state index is 5.77. The van der Waals surface area contributed by atoms with Crippen molar-refractivity contribution < 1.29 is 9.47 Å². The summed E-state index contributed by atoms with van der Waals surface area (Å²) in [5, 5.41) is 7.08. The summed E-state index contributed by atoms with van der Waals surface area (Å²) in [6.45, 7) is 3.92. The molecule has 0 bridgehead atoms. The van der Waals surface area contributed by atoms with Crippen molar-refractivity contribution in [1.82, 2.24) is 15.6 Å². The van der Waals surface area contributed by atoms with Crippen LogP contribution in [0, 0.1) is 0 Å². The molecule has 6 nitrogen and oxygen atoms in total. The largest absolute Gasteiger partial charge is 0.379 e. The van der Waals surface area contributed by atoms with Gasteiger partial charge in [0.15, 0.2) is 5.96 Å². The molecule has 128 valence electrons. The summed E-state index contributed by atoms with van der Waals surface area (Å²) in [7, 11) is 1.77. The standard InChI is InChI=1S/C16H25ClN4O2/c1-18-16(19-7-2-9-23-14-6-10-22-12-14)20-8-5-13-3-4-15(17)21-11-13/h3-4,11,14H,2,5-10,12H2,1H3,(H2,18,19,20). The Kier molecular flexibility index (Phi) is 8.14. The van der Waals surface area contributed by atoms with Gasteiger partial charge in [-0.15, -0.1) is 0 Å². The average Bonchev–Trinajstić information content (AvgIpc) is 3.08. The van der Waals surface area contributed by atoms with Gasteiger partial charge in [-0.05, 0) is 30.9 Å². The molecule has 1 unspecified atom stereocenters. The number of hydrogen-bond donors (Lipinski definition) is 2. The highest BCUT2D eigenvalue weighted by molar-refractivity contribution is 6.29. The van der Waals surface area contributed by atoms with E-state index in [1.54, 1.807) is 19.3 Å². The highest BCUT2D eigenvalue weighted by Crippen LogP contribution is 2.08. The van der Waals surface area contributed by atoms with E-state index in [0.29, 0.717) is 5.15 Å². The number of nitrogens with one attached hydrogen (secondary N) is 2. The average molecular weight is 341 g/mol. The molecule has 1 aliphatic heterocycles. The molecule has 0 radical (unpaired) electrons. The summed E-state index contributed by atoms with van der Waals surface area (Å²) in [6.07, 6.45) is 4.90. The number of nitrogens with zero attached hydrogens (tertiary/aromatic N) is 2. The number of halogens is 1. The highest BCUT2D eigenvalue weighted by Gasteiger charge is 2.15. The van der Waals surface area contributed by atoms with Crippen molar-refractivity contribution >= 4 is 17.6 Å². The summed E-state index contributed by atoms with van der Waals surface area (Å²) >= 11 is 5.77. The van der Waals surface area contributed by atoms with Crippen LogP contribution in [-0.4, -0.2) is 57.0 Å². The minimum atomic E-state index is 0.278. The van der Waals surface area contributed by atoms with Crippen molar-refractivity contribution in [3.8, 4) is 0 Å². The molecule has 2 rings (SSSR count). The molecule has 0 aliphatic carbocycles. The molecule has 1 atom stereocenters. The zero-order chi connectivity index (χ0) is 16.3. The van der Waals surface area contributed by atoms with Gasteiger partial charge in [-0.2, -0.15) is 0 Å². The minimum absolute atomic E-state index is 0.278. The molecule has 1 aliphatic rings. The van der Waals surface area contributed by atoms with Gasteiger partial charge in [0.25, 0.3) is 0 Å². The Morgan fingerprint density at radius 1 is 1.43 bits per heavy atom. The lowest BCUT2D eigenvalue weighted by atomic mass is 10.2. The van der Waals surface area contributed by atoms with Crippen LogP contribution in [0.3, 0.4) is 0 Å². The van der Waals surface area contributed by atoms with E-state index in [9.17, 15) is 0 Å². The summed E-state index contributed by atoms with van der Waals surface area (Å²) in [5.74, 6) is 0.802. The number of aliphatic imine (C=N–C) groups is 1. The summed E-state index contributed by atoms with van der Waals surface area (Å²) in [6, 6.07) is 3.79. The van der Waals surface area contributed by atoms with E-state index in [1.165, 1.54) is 0 Å². The molecule has 1 aromatic rings. The second-order valence-electron chi connectivity index (χ2n) is 5.37. The number of aromatic nitrogens is 1. The Morgan fingerprint density at radius 3 is 3.00 bits per heavy atom. The van der Waals surface area contributed by atoms with Crippen LogP contribution >= 0.6 is 11.6 Å². The van der Waals surface area contributed by atoms with Crippen molar-refractivity contribution in [1.29, 1.82) is 0 Å². The number of guanidine groups is 1. The second kappa shape index (κ2) is 10.4. The molecule has 0 spiro atoms. The van der Waals surface area contributed by atoms with Crippen molar-refractivity contribution in [2.45, 2.75) is 25.4 Å². The van der Waals surface area contributed by atoms with Crippen molar-refractivity contribution in [3.05, 3.63) is 29.0 Å². The fraction of sp³-hybridized carbons (Fsp3) is 0.625. The Balaban J connectivity index is 1.53. The third-order valence-electron chi connectivity index (χ3n) is 3.57. The predicted molar refractivity (Wildman–Crippen MR) is 92.1 cm³/mol. The molecular weight excluding hydrogens is 316 g/mol. The monoisotopic (exact) mass is 340 g/mol. The van der Waals surface area contributed by atoms with Gasteiger partial charge in [0.2, 0.25) is 0 Å². The number of pyridine rings is 1. The van der Waals surface area contributed by atoms with E-state index in [0.717, 1.165) is 63.7 Å². The summed E-state index contributed by atoms with van der Waals surface area (Å²) in [5.41, 5.74) is 1.14. The third kappa shape index (κ3) is 7.16. The topological polar surface area (TPSA) is 67.8 Å². The van der Waals surface area contributed by atoms with E-state index in [2.05, 4.69) is 20.6 Å². The lowest BCUT2D eigenvalue weighted by Crippen LogP contribution is -2.39. The van der Waals surface area contributed by atoms with Crippen LogP contribution in [0.5, 0.6) is 0 Å². The van der Waals surface area contributed by atoms with Gasteiger partial charge in [-0.25, -0.2) is 4.98 Å². The molecule has 1 aromatic heterocycles. The van der Waals surface area contributed by atoms with Crippen LogP contribution < -0.4 is 10.6 Å². The van der Waals surface area contributed by atoms with E-state index in [4.69, 9.17) is 21.1 Å². The van der Waals surface area contributed by atoms with E-state index >= 15 is 0 Å². The molecule has 23 heavy (non-hydrogen) atoms. The van der Waals surface area contributed by atoms with Crippen molar-refractivity contribution in [2.24, 2.45) is 4.99 Å². The van der Waals surface area contributed by atoms with Crippen LogP contribution in [-0.2, 0) is 15.9 Å². The number of rotatable bonds is 8. The SMILES string of the molecule is CN=C(NCCCOC1CCOC1)NCCc1ccc(Cl)nc1. The first-order valence-corrected chi connectivity index (χ1v) is 8.40. The minimum Gasteiger partial charge on any atom is -0.379 e. The lowest BCUT2D eigenvalue weighted by Gasteiger charge is -2.13. The van der Waals surface area contributed by atoms with Crippen molar-refractivity contribution in [2.75, 3.05) is 40.0 Å². The van der Waals surface area contributed by atoms with Crippen LogP contribution in [0.4, 0.5) is 0 Å². The van der Waals surface area contributed by atoms with E-state index in [-0.39, 0.29) is 6.10 Å². The fourth-order valence-electron chi connectivity index (χ4n) is 2.27. The quantitative estimate of drug-likeness (QED) is 0.326. The van der Waals surface area contributed by atoms with E-state index in [1.807, 2.05) is 6.07 Å². The molecule has 0 amide bonds. The van der Waals surface area contributed by atoms with Gasteiger partial charge in [0.1, 0.15) is 5.15 Å². The second-order valence-corrected chi connectivity index (χ2v) is 5.76. The molecular formula is C16H25ClN4O2. The zero-order valence-corrected chi connectivity index (χ0v) is 14.3. The van der Waals surface area contributed by atoms with Gasteiger partial charge in [-0.3, -0.25) is 4.99 Å². The lowest BCUT2D eigenvalue weighted by molar-refractivity contribution is 0.0420. The molecule has 0 aromatic carbocycles. The maximum absolute atomic E-state index is 5.77. The Morgan fingerprint density at radius 2 is 2.30 bits per heavy atom. The molecule has 2 N–H and O–H groups in total. The van der Waals surface area contributed by atoms with E-state index < -0.39 is 0 Å². The molecule has 1 fully saturated rings. The van der Waals surface area contributed by atoms with Gasteiger partial charge < -0.3 is 20.1 Å².